The summed E-state index contributed by atoms with van der Waals surface area (Å²) in [6.45, 7) is 12.8. The number of aliphatic carboxylic acids is 1. The highest BCUT2D eigenvalue weighted by atomic mass is 16.7. The molecule has 16 atom stereocenters. The van der Waals surface area contributed by atoms with Gasteiger partial charge in [-0.15, -0.1) is 0 Å². The van der Waals surface area contributed by atoms with Crippen LogP contribution in [-0.4, -0.2) is 109 Å². The molecule has 0 amide bonds. The van der Waals surface area contributed by atoms with E-state index in [4.69, 9.17) is 9.47 Å². The molecule has 1 aliphatic heterocycles. The number of carbonyl (C=O) groups is 1. The van der Waals surface area contributed by atoms with Gasteiger partial charge in [0.05, 0.1) is 31.5 Å². The molecule has 0 aromatic heterocycles. The number of allylic oxidation sites excluding steroid dienone is 2. The highest BCUT2D eigenvalue weighted by Gasteiger charge is 2.71. The van der Waals surface area contributed by atoms with Crippen molar-refractivity contribution >= 4 is 5.97 Å². The third kappa shape index (κ3) is 4.74. The first-order valence-electron chi connectivity index (χ1n) is 17.6. The smallest absolute Gasteiger partial charge is 0.335 e. The van der Waals surface area contributed by atoms with E-state index in [2.05, 4.69) is 40.7 Å². The van der Waals surface area contributed by atoms with Crippen molar-refractivity contribution in [3.63, 3.8) is 0 Å². The summed E-state index contributed by atoms with van der Waals surface area (Å²) in [5, 5.41) is 85.7. The molecule has 0 bridgehead atoms. The standard InChI is InChI=1S/C36H58O11/c1-31(2)13-19-18-7-8-21-32(3)11-10-24(46-30-27(43)25(41)26(42)28(47-30)29(44)45)33(4,16-37)20(32)9-12-34(21,5)35(18,6)14-23(40)36(19,17-38)15-22(31)39/h7,19-28,30,37-43H,8-17H2,1-6H3,(H,44,45). The Hall–Kier alpha value is -1.15. The van der Waals surface area contributed by atoms with Crippen LogP contribution in [0.5, 0.6) is 0 Å². The SMILES string of the molecule is CC1(C)CC2C3=CCC4C5(C)CCC(OC6OC(C(=O)O)C(O)C(O)C6O)C(C)(CO)C5CCC4(C)C3(C)CC(O)C2(CO)CC1O. The quantitative estimate of drug-likeness (QED) is 0.158. The monoisotopic (exact) mass is 666 g/mol. The van der Waals surface area contributed by atoms with E-state index in [0.29, 0.717) is 25.7 Å². The molecule has 11 nitrogen and oxygen atoms in total. The van der Waals surface area contributed by atoms with Crippen molar-refractivity contribution in [3.8, 4) is 0 Å². The molecule has 47 heavy (non-hydrogen) atoms. The molecule has 6 aliphatic rings. The number of aliphatic hydroxyl groups is 7. The van der Waals surface area contributed by atoms with Gasteiger partial charge in [-0.1, -0.05) is 53.2 Å². The van der Waals surface area contributed by atoms with Crippen molar-refractivity contribution < 1.29 is 55.1 Å². The summed E-state index contributed by atoms with van der Waals surface area (Å²) < 4.78 is 11.8. The van der Waals surface area contributed by atoms with Crippen LogP contribution < -0.4 is 0 Å². The van der Waals surface area contributed by atoms with Gasteiger partial charge in [-0.3, -0.25) is 0 Å². The van der Waals surface area contributed by atoms with E-state index < -0.39 is 65.8 Å². The summed E-state index contributed by atoms with van der Waals surface area (Å²) in [6, 6.07) is 0. The Kier molecular flexibility index (Phi) is 8.68. The van der Waals surface area contributed by atoms with Gasteiger partial charge in [-0.2, -0.15) is 0 Å². The summed E-state index contributed by atoms with van der Waals surface area (Å²) in [4.78, 5) is 11.7. The lowest BCUT2D eigenvalue weighted by Crippen LogP contribution is -2.68. The van der Waals surface area contributed by atoms with Gasteiger partial charge in [-0.05, 0) is 90.8 Å². The van der Waals surface area contributed by atoms with Gasteiger partial charge in [0, 0.05) is 10.8 Å². The number of carboxylic acid groups (broad SMARTS) is 1. The Bertz CT molecular complexity index is 1270. The highest BCUT2D eigenvalue weighted by molar-refractivity contribution is 5.73. The normalized spacial score (nSPS) is 55.5. The number of hydrogen-bond donors (Lipinski definition) is 8. The summed E-state index contributed by atoms with van der Waals surface area (Å²) in [5.41, 5.74) is -1.33. The molecular formula is C36H58O11. The Morgan fingerprint density at radius 1 is 0.851 bits per heavy atom. The topological polar surface area (TPSA) is 197 Å². The summed E-state index contributed by atoms with van der Waals surface area (Å²) in [5.74, 6) is -1.29. The molecule has 16 unspecified atom stereocenters. The van der Waals surface area contributed by atoms with Crippen molar-refractivity contribution in [2.45, 2.75) is 142 Å². The number of aliphatic hydroxyl groups excluding tert-OH is 7. The van der Waals surface area contributed by atoms with E-state index in [1.54, 1.807) is 0 Å². The van der Waals surface area contributed by atoms with Gasteiger partial charge in [0.15, 0.2) is 12.4 Å². The van der Waals surface area contributed by atoms with Crippen molar-refractivity contribution in [3.05, 3.63) is 11.6 Å². The fourth-order valence-electron chi connectivity index (χ4n) is 12.3. The molecule has 0 spiro atoms. The van der Waals surface area contributed by atoms with Crippen molar-refractivity contribution in [2.75, 3.05) is 13.2 Å². The lowest BCUT2D eigenvalue weighted by molar-refractivity contribution is -0.327. The summed E-state index contributed by atoms with van der Waals surface area (Å²) in [7, 11) is 0. The van der Waals surface area contributed by atoms with E-state index in [0.717, 1.165) is 25.7 Å². The van der Waals surface area contributed by atoms with E-state index in [1.165, 1.54) is 5.57 Å². The maximum absolute atomic E-state index is 11.9. The molecule has 0 aromatic rings. The molecule has 11 heteroatoms. The van der Waals surface area contributed by atoms with Gasteiger partial charge < -0.3 is 50.3 Å². The zero-order chi connectivity index (χ0) is 34.7. The van der Waals surface area contributed by atoms with Crippen LogP contribution in [0.2, 0.25) is 0 Å². The number of ether oxygens (including phenoxy) is 2. The second-order valence-electron chi connectivity index (χ2n) is 17.9. The number of carboxylic acids is 1. The van der Waals surface area contributed by atoms with E-state index >= 15 is 0 Å². The fraction of sp³-hybridized carbons (Fsp3) is 0.917. The first-order valence-corrected chi connectivity index (χ1v) is 17.6. The Labute approximate surface area is 278 Å². The van der Waals surface area contributed by atoms with Crippen LogP contribution in [0.25, 0.3) is 0 Å². The van der Waals surface area contributed by atoms with Gasteiger partial charge in [0.25, 0.3) is 0 Å². The molecular weight excluding hydrogens is 608 g/mol. The summed E-state index contributed by atoms with van der Waals surface area (Å²) in [6.07, 6.45) is -2.79. The molecule has 5 fully saturated rings. The van der Waals surface area contributed by atoms with Gasteiger partial charge >= 0.3 is 5.97 Å². The van der Waals surface area contributed by atoms with Crippen LogP contribution >= 0.6 is 0 Å². The van der Waals surface area contributed by atoms with E-state index in [9.17, 15) is 45.6 Å². The average Bonchev–Trinajstić information content (AvgIpc) is 3.00. The molecule has 6 rings (SSSR count). The van der Waals surface area contributed by atoms with Crippen molar-refractivity contribution in [2.24, 2.45) is 50.2 Å². The minimum atomic E-state index is -1.81. The third-order valence-electron chi connectivity index (χ3n) is 15.5. The number of fused-ring (bicyclic) bond motifs is 7. The first-order chi connectivity index (χ1) is 21.8. The predicted octanol–water partition coefficient (Wildman–Crippen LogP) is 1.97. The third-order valence-corrected chi connectivity index (χ3v) is 15.5. The van der Waals surface area contributed by atoms with Crippen molar-refractivity contribution in [1.82, 2.24) is 0 Å². The Balaban J connectivity index is 1.32. The molecule has 0 aromatic carbocycles. The zero-order valence-corrected chi connectivity index (χ0v) is 28.8. The lowest BCUT2D eigenvalue weighted by atomic mass is 9.33. The average molecular weight is 667 g/mol. The predicted molar refractivity (Wildman–Crippen MR) is 170 cm³/mol. The number of hydrogen-bond acceptors (Lipinski definition) is 10. The first kappa shape index (κ1) is 35.7. The Morgan fingerprint density at radius 3 is 2.15 bits per heavy atom. The van der Waals surface area contributed by atoms with Gasteiger partial charge in [-0.25, -0.2) is 4.79 Å². The molecule has 268 valence electrons. The van der Waals surface area contributed by atoms with Gasteiger partial charge in [0.1, 0.15) is 18.3 Å². The van der Waals surface area contributed by atoms with Crippen molar-refractivity contribution in [1.29, 1.82) is 0 Å². The molecule has 1 saturated heterocycles. The second-order valence-corrected chi connectivity index (χ2v) is 17.9. The summed E-state index contributed by atoms with van der Waals surface area (Å²) >= 11 is 0. The number of rotatable bonds is 5. The van der Waals surface area contributed by atoms with Gasteiger partial charge in [0.2, 0.25) is 0 Å². The maximum Gasteiger partial charge on any atom is 0.335 e. The van der Waals surface area contributed by atoms with Crippen LogP contribution in [0, 0.1) is 50.2 Å². The molecule has 8 N–H and O–H groups in total. The molecule has 4 saturated carbocycles. The second kappa shape index (κ2) is 11.4. The minimum absolute atomic E-state index is 0.00991. The Morgan fingerprint density at radius 2 is 1.53 bits per heavy atom. The lowest BCUT2D eigenvalue weighted by Gasteiger charge is -2.72. The van der Waals surface area contributed by atoms with E-state index in [-0.39, 0.29) is 52.6 Å². The molecule has 1 heterocycles. The maximum atomic E-state index is 11.9. The van der Waals surface area contributed by atoms with E-state index in [1.807, 2.05) is 6.92 Å². The molecule has 0 radical (unpaired) electrons. The highest BCUT2D eigenvalue weighted by Crippen LogP contribution is 2.75. The van der Waals surface area contributed by atoms with Crippen LogP contribution in [0.15, 0.2) is 11.6 Å². The van der Waals surface area contributed by atoms with Crippen LogP contribution in [-0.2, 0) is 14.3 Å². The zero-order valence-electron chi connectivity index (χ0n) is 28.8. The van der Waals surface area contributed by atoms with Crippen LogP contribution in [0.3, 0.4) is 0 Å². The largest absolute Gasteiger partial charge is 0.479 e. The minimum Gasteiger partial charge on any atom is -0.479 e. The molecule has 5 aliphatic carbocycles. The fourth-order valence-corrected chi connectivity index (χ4v) is 12.3. The van der Waals surface area contributed by atoms with Crippen LogP contribution in [0.4, 0.5) is 0 Å². The van der Waals surface area contributed by atoms with Crippen LogP contribution in [0.1, 0.15) is 92.9 Å².